The number of furan rings is 1. The Balaban J connectivity index is 1.68. The third kappa shape index (κ3) is 2.97. The molecule has 1 saturated heterocycles. The van der Waals surface area contributed by atoms with Gasteiger partial charge in [0.1, 0.15) is 11.5 Å². The Morgan fingerprint density at radius 3 is 3.00 bits per heavy atom. The van der Waals surface area contributed by atoms with Crippen molar-refractivity contribution in [3.8, 4) is 0 Å². The number of hydrogen-bond acceptors (Lipinski definition) is 5. The van der Waals surface area contributed by atoms with E-state index in [2.05, 4.69) is 10.3 Å². The lowest BCUT2D eigenvalue weighted by Crippen LogP contribution is -2.47. The monoisotopic (exact) mass is 290 g/mol. The van der Waals surface area contributed by atoms with Crippen LogP contribution < -0.4 is 0 Å². The molecule has 1 amide bonds. The van der Waals surface area contributed by atoms with E-state index in [1.54, 1.807) is 23.1 Å². The van der Waals surface area contributed by atoms with Crippen LogP contribution in [-0.4, -0.2) is 51.6 Å². The average molecular weight is 290 g/mol. The second-order valence-electron chi connectivity index (χ2n) is 5.20. The second-order valence-corrected chi connectivity index (χ2v) is 5.20. The van der Waals surface area contributed by atoms with Gasteiger partial charge in [0.2, 0.25) is 0 Å². The van der Waals surface area contributed by atoms with E-state index in [0.29, 0.717) is 37.6 Å². The van der Waals surface area contributed by atoms with Crippen molar-refractivity contribution in [3.63, 3.8) is 0 Å². The number of aromatic nitrogens is 3. The highest BCUT2D eigenvalue weighted by molar-refractivity contribution is 5.95. The van der Waals surface area contributed by atoms with Crippen molar-refractivity contribution in [3.05, 3.63) is 35.5 Å². The fourth-order valence-corrected chi connectivity index (χ4v) is 2.57. The quantitative estimate of drug-likeness (QED) is 0.844. The first kappa shape index (κ1) is 13.8. The third-order valence-corrected chi connectivity index (χ3v) is 3.56. The number of morpholine rings is 1. The Bertz CT molecular complexity index is 620. The summed E-state index contributed by atoms with van der Waals surface area (Å²) in [6.07, 6.45) is 3.34. The summed E-state index contributed by atoms with van der Waals surface area (Å²) >= 11 is 0. The normalized spacial score (nSPS) is 19.0. The number of ether oxygens (including phenoxy) is 1. The Kier molecular flexibility index (Phi) is 3.74. The lowest BCUT2D eigenvalue weighted by molar-refractivity contribution is -0.0302. The summed E-state index contributed by atoms with van der Waals surface area (Å²) < 4.78 is 12.8. The van der Waals surface area contributed by atoms with Crippen molar-refractivity contribution in [1.82, 2.24) is 19.9 Å². The lowest BCUT2D eigenvalue weighted by atomic mass is 10.2. The maximum absolute atomic E-state index is 12.6. The Hall–Kier alpha value is -2.15. The van der Waals surface area contributed by atoms with E-state index >= 15 is 0 Å². The molecule has 112 valence electrons. The molecule has 2 aromatic rings. The summed E-state index contributed by atoms with van der Waals surface area (Å²) in [6, 6.07) is 1.79. The van der Waals surface area contributed by atoms with Crippen LogP contribution in [0, 0.1) is 13.8 Å². The molecule has 1 unspecified atom stereocenters. The number of carbonyl (C=O) groups excluding carboxylic acids is 1. The molecule has 0 aromatic carbocycles. The molecule has 1 atom stereocenters. The molecule has 0 spiro atoms. The van der Waals surface area contributed by atoms with Crippen LogP contribution in [0.15, 0.2) is 22.9 Å². The molecule has 1 fully saturated rings. The van der Waals surface area contributed by atoms with Gasteiger partial charge in [0.25, 0.3) is 5.91 Å². The molecule has 1 aliphatic heterocycles. The molecule has 7 nitrogen and oxygen atoms in total. The van der Waals surface area contributed by atoms with Gasteiger partial charge in [0.05, 0.1) is 31.0 Å². The maximum Gasteiger partial charge on any atom is 0.257 e. The highest BCUT2D eigenvalue weighted by atomic mass is 16.5. The number of hydrogen-bond donors (Lipinski definition) is 0. The van der Waals surface area contributed by atoms with E-state index in [-0.39, 0.29) is 12.0 Å². The second kappa shape index (κ2) is 5.69. The molecule has 3 heterocycles. The molecule has 7 heteroatoms. The summed E-state index contributed by atoms with van der Waals surface area (Å²) in [5.41, 5.74) is 0.633. The van der Waals surface area contributed by atoms with Gasteiger partial charge in [-0.25, -0.2) is 4.68 Å². The molecule has 21 heavy (non-hydrogen) atoms. The van der Waals surface area contributed by atoms with Gasteiger partial charge in [-0.15, -0.1) is 5.10 Å². The summed E-state index contributed by atoms with van der Waals surface area (Å²) in [5.74, 6) is 1.41. The number of amides is 1. The number of rotatable bonds is 3. The van der Waals surface area contributed by atoms with Crippen molar-refractivity contribution in [2.75, 3.05) is 19.7 Å². The molecule has 0 radical (unpaired) electrons. The van der Waals surface area contributed by atoms with Crippen LogP contribution in [0.5, 0.6) is 0 Å². The zero-order chi connectivity index (χ0) is 14.8. The van der Waals surface area contributed by atoms with Crippen LogP contribution in [0.2, 0.25) is 0 Å². The molecule has 0 bridgehead atoms. The maximum atomic E-state index is 12.6. The molecular weight excluding hydrogens is 272 g/mol. The molecule has 3 rings (SSSR count). The predicted molar refractivity (Wildman–Crippen MR) is 73.8 cm³/mol. The van der Waals surface area contributed by atoms with Gasteiger partial charge in [0, 0.05) is 19.3 Å². The average Bonchev–Trinajstić information content (AvgIpc) is 3.08. The molecule has 1 aliphatic rings. The summed E-state index contributed by atoms with van der Waals surface area (Å²) in [6.45, 7) is 5.91. The minimum absolute atomic E-state index is 0.00348. The molecule has 0 saturated carbocycles. The van der Waals surface area contributed by atoms with Crippen molar-refractivity contribution in [2.45, 2.75) is 26.5 Å². The molecule has 0 N–H and O–H groups in total. The molecular formula is C14H18N4O3. The van der Waals surface area contributed by atoms with Gasteiger partial charge in [-0.3, -0.25) is 4.79 Å². The molecule has 0 aliphatic carbocycles. The van der Waals surface area contributed by atoms with Gasteiger partial charge in [-0.05, 0) is 19.9 Å². The van der Waals surface area contributed by atoms with Gasteiger partial charge in [-0.1, -0.05) is 5.21 Å². The minimum atomic E-state index is -0.0716. The SMILES string of the molecule is Cc1cc(C(=O)N2CCOC(Cn3ccnn3)C2)c(C)o1. The van der Waals surface area contributed by atoms with Crippen LogP contribution in [0.4, 0.5) is 0 Å². The molecule has 2 aromatic heterocycles. The van der Waals surface area contributed by atoms with E-state index in [9.17, 15) is 4.79 Å². The summed E-state index contributed by atoms with van der Waals surface area (Å²) in [4.78, 5) is 14.4. The van der Waals surface area contributed by atoms with E-state index in [1.165, 1.54) is 0 Å². The van der Waals surface area contributed by atoms with E-state index < -0.39 is 0 Å². The Morgan fingerprint density at radius 1 is 1.48 bits per heavy atom. The van der Waals surface area contributed by atoms with Crippen molar-refractivity contribution < 1.29 is 13.9 Å². The van der Waals surface area contributed by atoms with Gasteiger partial charge >= 0.3 is 0 Å². The minimum Gasteiger partial charge on any atom is -0.466 e. The topological polar surface area (TPSA) is 73.4 Å². The standard InChI is InChI=1S/C14H18N4O3/c1-10-7-13(11(2)21-10)14(19)17-5-6-20-12(8-17)9-18-4-3-15-16-18/h3-4,7,12H,5-6,8-9H2,1-2H3. The van der Waals surface area contributed by atoms with Crippen LogP contribution >= 0.6 is 0 Å². The van der Waals surface area contributed by atoms with Crippen molar-refractivity contribution >= 4 is 5.91 Å². The van der Waals surface area contributed by atoms with Crippen molar-refractivity contribution in [2.24, 2.45) is 0 Å². The Labute approximate surface area is 122 Å². The van der Waals surface area contributed by atoms with Gasteiger partial charge < -0.3 is 14.1 Å². The first-order valence-corrected chi connectivity index (χ1v) is 6.95. The predicted octanol–water partition coefficient (Wildman–Crippen LogP) is 1.03. The Morgan fingerprint density at radius 2 is 2.33 bits per heavy atom. The van der Waals surface area contributed by atoms with E-state index in [1.807, 2.05) is 18.7 Å². The highest BCUT2D eigenvalue weighted by Crippen LogP contribution is 2.18. The van der Waals surface area contributed by atoms with Gasteiger partial charge in [0.15, 0.2) is 0 Å². The lowest BCUT2D eigenvalue weighted by Gasteiger charge is -2.32. The van der Waals surface area contributed by atoms with Crippen LogP contribution in [-0.2, 0) is 11.3 Å². The summed E-state index contributed by atoms with van der Waals surface area (Å²) in [5, 5.41) is 7.69. The fourth-order valence-electron chi connectivity index (χ4n) is 2.57. The number of aryl methyl sites for hydroxylation is 2. The first-order chi connectivity index (χ1) is 10.1. The largest absolute Gasteiger partial charge is 0.466 e. The van der Waals surface area contributed by atoms with Crippen LogP contribution in [0.3, 0.4) is 0 Å². The number of carbonyl (C=O) groups is 1. The highest BCUT2D eigenvalue weighted by Gasteiger charge is 2.27. The van der Waals surface area contributed by atoms with Crippen LogP contribution in [0.1, 0.15) is 21.9 Å². The third-order valence-electron chi connectivity index (χ3n) is 3.56. The van der Waals surface area contributed by atoms with E-state index in [0.717, 1.165) is 5.76 Å². The zero-order valence-electron chi connectivity index (χ0n) is 12.2. The van der Waals surface area contributed by atoms with Crippen molar-refractivity contribution in [1.29, 1.82) is 0 Å². The van der Waals surface area contributed by atoms with Gasteiger partial charge in [-0.2, -0.15) is 0 Å². The fraction of sp³-hybridized carbons (Fsp3) is 0.500. The first-order valence-electron chi connectivity index (χ1n) is 6.95. The summed E-state index contributed by atoms with van der Waals surface area (Å²) in [7, 11) is 0. The number of nitrogens with zero attached hydrogens (tertiary/aromatic N) is 4. The van der Waals surface area contributed by atoms with E-state index in [4.69, 9.17) is 9.15 Å². The smallest absolute Gasteiger partial charge is 0.257 e. The van der Waals surface area contributed by atoms with Crippen LogP contribution in [0.25, 0.3) is 0 Å². The zero-order valence-corrected chi connectivity index (χ0v) is 12.2.